The van der Waals surface area contributed by atoms with Crippen LogP contribution in [0.25, 0.3) is 0 Å². The molecular formula is C10H14N2O3. The third-order valence-corrected chi connectivity index (χ3v) is 2.36. The van der Waals surface area contributed by atoms with Crippen molar-refractivity contribution in [1.29, 1.82) is 0 Å². The van der Waals surface area contributed by atoms with Crippen molar-refractivity contribution in [3.63, 3.8) is 0 Å². The standard InChI is InChI=1S/C10H14N2O3/c1-12-6-8(5-11-12)10(13)15-7-9-3-2-4-14-9/h5-6,9H,2-4,7H2,1H3. The van der Waals surface area contributed by atoms with Crippen LogP contribution in [0.3, 0.4) is 0 Å². The number of carbonyl (C=O) groups is 1. The first-order chi connectivity index (χ1) is 7.25. The molecule has 0 N–H and O–H groups in total. The summed E-state index contributed by atoms with van der Waals surface area (Å²) in [5.74, 6) is -0.335. The number of aromatic nitrogens is 2. The van der Waals surface area contributed by atoms with Gasteiger partial charge in [0.25, 0.3) is 0 Å². The quantitative estimate of drug-likeness (QED) is 0.691. The van der Waals surface area contributed by atoms with Gasteiger partial charge in [-0.2, -0.15) is 5.10 Å². The topological polar surface area (TPSA) is 53.4 Å². The molecule has 2 rings (SSSR count). The summed E-state index contributed by atoms with van der Waals surface area (Å²) in [6.45, 7) is 1.11. The molecule has 1 unspecified atom stereocenters. The van der Waals surface area contributed by atoms with Crippen LogP contribution in [-0.4, -0.2) is 35.1 Å². The highest BCUT2D eigenvalue weighted by Crippen LogP contribution is 2.12. The van der Waals surface area contributed by atoms with Gasteiger partial charge in [-0.3, -0.25) is 4.68 Å². The van der Waals surface area contributed by atoms with Crippen LogP contribution >= 0.6 is 0 Å². The molecule has 5 heteroatoms. The van der Waals surface area contributed by atoms with Crippen LogP contribution < -0.4 is 0 Å². The molecule has 1 aliphatic heterocycles. The van der Waals surface area contributed by atoms with Gasteiger partial charge in [0, 0.05) is 19.9 Å². The van der Waals surface area contributed by atoms with E-state index in [9.17, 15) is 4.79 Å². The molecule has 0 aromatic carbocycles. The monoisotopic (exact) mass is 210 g/mol. The van der Waals surface area contributed by atoms with Crippen molar-refractivity contribution in [3.8, 4) is 0 Å². The summed E-state index contributed by atoms with van der Waals surface area (Å²) in [5.41, 5.74) is 0.482. The van der Waals surface area contributed by atoms with Gasteiger partial charge in [0.1, 0.15) is 6.61 Å². The molecule has 0 bridgehead atoms. The Morgan fingerprint density at radius 3 is 3.27 bits per heavy atom. The maximum Gasteiger partial charge on any atom is 0.341 e. The Kier molecular flexibility index (Phi) is 3.01. The van der Waals surface area contributed by atoms with E-state index in [1.165, 1.54) is 6.20 Å². The zero-order valence-electron chi connectivity index (χ0n) is 8.68. The molecule has 82 valence electrons. The average Bonchev–Trinajstić information content (AvgIpc) is 2.84. The van der Waals surface area contributed by atoms with Crippen molar-refractivity contribution in [2.24, 2.45) is 7.05 Å². The first-order valence-corrected chi connectivity index (χ1v) is 5.03. The van der Waals surface area contributed by atoms with Gasteiger partial charge >= 0.3 is 5.97 Å². The summed E-state index contributed by atoms with van der Waals surface area (Å²) < 4.78 is 12.0. The third-order valence-electron chi connectivity index (χ3n) is 2.36. The predicted octanol–water partition coefficient (Wildman–Crippen LogP) is 0.756. The Labute approximate surface area is 88.0 Å². The maximum atomic E-state index is 11.5. The van der Waals surface area contributed by atoms with E-state index in [2.05, 4.69) is 5.10 Å². The number of carbonyl (C=O) groups excluding carboxylic acids is 1. The molecule has 5 nitrogen and oxygen atoms in total. The lowest BCUT2D eigenvalue weighted by atomic mass is 10.2. The highest BCUT2D eigenvalue weighted by atomic mass is 16.6. The van der Waals surface area contributed by atoms with Crippen LogP contribution in [-0.2, 0) is 16.5 Å². The minimum atomic E-state index is -0.335. The summed E-state index contributed by atoms with van der Waals surface area (Å²) in [6.07, 6.45) is 5.23. The molecular weight excluding hydrogens is 196 g/mol. The van der Waals surface area contributed by atoms with E-state index in [0.29, 0.717) is 12.2 Å². The summed E-state index contributed by atoms with van der Waals surface area (Å²) in [4.78, 5) is 11.5. The van der Waals surface area contributed by atoms with Gasteiger partial charge in [0.05, 0.1) is 17.9 Å². The zero-order valence-corrected chi connectivity index (χ0v) is 8.68. The van der Waals surface area contributed by atoms with E-state index in [1.807, 2.05) is 0 Å². The lowest BCUT2D eigenvalue weighted by Crippen LogP contribution is -2.17. The van der Waals surface area contributed by atoms with Crippen LogP contribution in [0.5, 0.6) is 0 Å². The second kappa shape index (κ2) is 4.44. The first-order valence-electron chi connectivity index (χ1n) is 5.03. The van der Waals surface area contributed by atoms with Crippen LogP contribution in [0.2, 0.25) is 0 Å². The molecule has 1 saturated heterocycles. The summed E-state index contributed by atoms with van der Waals surface area (Å²) >= 11 is 0. The normalized spacial score (nSPS) is 20.5. The van der Waals surface area contributed by atoms with Crippen molar-refractivity contribution >= 4 is 5.97 Å². The highest BCUT2D eigenvalue weighted by molar-refractivity contribution is 5.88. The minimum Gasteiger partial charge on any atom is -0.459 e. The zero-order chi connectivity index (χ0) is 10.7. The number of esters is 1. The van der Waals surface area contributed by atoms with Crippen molar-refractivity contribution in [1.82, 2.24) is 9.78 Å². The van der Waals surface area contributed by atoms with Gasteiger partial charge < -0.3 is 9.47 Å². The van der Waals surface area contributed by atoms with Crippen LogP contribution in [0.15, 0.2) is 12.4 Å². The van der Waals surface area contributed by atoms with Gasteiger partial charge in [-0.25, -0.2) is 4.79 Å². The molecule has 2 heterocycles. The average molecular weight is 210 g/mol. The summed E-state index contributed by atoms with van der Waals surface area (Å²) in [6, 6.07) is 0. The SMILES string of the molecule is Cn1cc(C(=O)OCC2CCCO2)cn1. The minimum absolute atomic E-state index is 0.0746. The smallest absolute Gasteiger partial charge is 0.341 e. The number of hydrogen-bond donors (Lipinski definition) is 0. The molecule has 1 aliphatic rings. The molecule has 1 fully saturated rings. The van der Waals surface area contributed by atoms with Gasteiger partial charge in [-0.15, -0.1) is 0 Å². The van der Waals surface area contributed by atoms with Crippen molar-refractivity contribution < 1.29 is 14.3 Å². The molecule has 0 spiro atoms. The lowest BCUT2D eigenvalue weighted by Gasteiger charge is -2.08. The van der Waals surface area contributed by atoms with Crippen molar-refractivity contribution in [2.45, 2.75) is 18.9 Å². The van der Waals surface area contributed by atoms with Gasteiger partial charge in [-0.05, 0) is 12.8 Å². The van der Waals surface area contributed by atoms with E-state index in [1.54, 1.807) is 17.9 Å². The molecule has 0 radical (unpaired) electrons. The van der Waals surface area contributed by atoms with Crippen LogP contribution in [0.1, 0.15) is 23.2 Å². The summed E-state index contributed by atoms with van der Waals surface area (Å²) in [5, 5.41) is 3.90. The molecule has 0 saturated carbocycles. The highest BCUT2D eigenvalue weighted by Gasteiger charge is 2.18. The van der Waals surface area contributed by atoms with E-state index < -0.39 is 0 Å². The van der Waals surface area contributed by atoms with E-state index in [0.717, 1.165) is 19.4 Å². The molecule has 1 atom stereocenters. The number of ether oxygens (including phenoxy) is 2. The Morgan fingerprint density at radius 2 is 2.67 bits per heavy atom. The van der Waals surface area contributed by atoms with Crippen LogP contribution in [0, 0.1) is 0 Å². The van der Waals surface area contributed by atoms with E-state index in [4.69, 9.17) is 9.47 Å². The molecule has 1 aromatic heterocycles. The van der Waals surface area contributed by atoms with Crippen molar-refractivity contribution in [2.75, 3.05) is 13.2 Å². The van der Waals surface area contributed by atoms with Gasteiger partial charge in [-0.1, -0.05) is 0 Å². The fraction of sp³-hybridized carbons (Fsp3) is 0.600. The lowest BCUT2D eigenvalue weighted by molar-refractivity contribution is 0.0161. The largest absolute Gasteiger partial charge is 0.459 e. The first kappa shape index (κ1) is 10.2. The van der Waals surface area contributed by atoms with Crippen molar-refractivity contribution in [3.05, 3.63) is 18.0 Å². The van der Waals surface area contributed by atoms with Crippen LogP contribution in [0.4, 0.5) is 0 Å². The van der Waals surface area contributed by atoms with E-state index in [-0.39, 0.29) is 12.1 Å². The molecule has 0 aliphatic carbocycles. The van der Waals surface area contributed by atoms with E-state index >= 15 is 0 Å². The van der Waals surface area contributed by atoms with Gasteiger partial charge in [0.15, 0.2) is 0 Å². The molecule has 0 amide bonds. The maximum absolute atomic E-state index is 11.5. The number of aryl methyl sites for hydroxylation is 1. The third kappa shape index (κ3) is 2.56. The second-order valence-corrected chi connectivity index (χ2v) is 3.64. The fourth-order valence-electron chi connectivity index (χ4n) is 1.55. The molecule has 15 heavy (non-hydrogen) atoms. The Hall–Kier alpha value is -1.36. The second-order valence-electron chi connectivity index (χ2n) is 3.64. The Bertz CT molecular complexity index is 342. The number of nitrogens with zero attached hydrogens (tertiary/aromatic N) is 2. The number of hydrogen-bond acceptors (Lipinski definition) is 4. The fourth-order valence-corrected chi connectivity index (χ4v) is 1.55. The molecule has 1 aromatic rings. The summed E-state index contributed by atoms with van der Waals surface area (Å²) in [7, 11) is 1.76. The van der Waals surface area contributed by atoms with Gasteiger partial charge in [0.2, 0.25) is 0 Å². The Balaban J connectivity index is 1.81. The predicted molar refractivity (Wildman–Crippen MR) is 52.5 cm³/mol. The Morgan fingerprint density at radius 1 is 1.80 bits per heavy atom. The number of rotatable bonds is 3.